The lowest BCUT2D eigenvalue weighted by atomic mass is 10.1. The first-order chi connectivity index (χ1) is 9.95. The Hall–Kier alpha value is -1.54. The van der Waals surface area contributed by atoms with Gasteiger partial charge in [-0.3, -0.25) is 0 Å². The third kappa shape index (κ3) is 2.42. The highest BCUT2D eigenvalue weighted by atomic mass is 32.2. The first-order valence-electron chi connectivity index (χ1n) is 6.47. The molecule has 2 heterocycles. The maximum atomic E-state index is 11.8. The molecule has 2 aliphatic rings. The number of nitrogens with one attached hydrogen (secondary N) is 1. The molecule has 0 aromatic heterocycles. The van der Waals surface area contributed by atoms with Crippen LogP contribution in [0.1, 0.15) is 0 Å². The summed E-state index contributed by atoms with van der Waals surface area (Å²) in [4.78, 5) is 1.85. The summed E-state index contributed by atoms with van der Waals surface area (Å²) < 4.78 is 34.1. The quantitative estimate of drug-likeness (QED) is 0.813. The van der Waals surface area contributed by atoms with Gasteiger partial charge in [0.2, 0.25) is 0 Å². The lowest BCUT2D eigenvalue weighted by molar-refractivity contribution is 0.355. The van der Waals surface area contributed by atoms with E-state index in [-0.39, 0.29) is 23.6 Å². The molecule has 1 aromatic rings. The van der Waals surface area contributed by atoms with E-state index in [2.05, 4.69) is 5.32 Å². The van der Waals surface area contributed by atoms with E-state index in [1.165, 1.54) is 0 Å². The second-order valence-corrected chi connectivity index (χ2v) is 7.65. The van der Waals surface area contributed by atoms with Gasteiger partial charge in [0.25, 0.3) is 0 Å². The Labute approximate surface area is 128 Å². The number of sulfone groups is 1. The van der Waals surface area contributed by atoms with Gasteiger partial charge in [0, 0.05) is 11.8 Å². The molecule has 114 valence electrons. The van der Waals surface area contributed by atoms with Crippen LogP contribution < -0.4 is 19.7 Å². The largest absolute Gasteiger partial charge is 0.493 e. The predicted octanol–water partition coefficient (Wildman–Crippen LogP) is 0.564. The van der Waals surface area contributed by atoms with E-state index in [0.717, 1.165) is 5.69 Å². The molecule has 0 saturated carbocycles. The van der Waals surface area contributed by atoms with Crippen LogP contribution in [-0.4, -0.2) is 51.3 Å². The number of anilines is 1. The first-order valence-corrected chi connectivity index (χ1v) is 8.70. The molecule has 0 amide bonds. The minimum atomic E-state index is -3.02. The van der Waals surface area contributed by atoms with Gasteiger partial charge < -0.3 is 19.7 Å². The van der Waals surface area contributed by atoms with Crippen molar-refractivity contribution < 1.29 is 17.9 Å². The van der Waals surface area contributed by atoms with E-state index in [1.54, 1.807) is 26.4 Å². The minimum Gasteiger partial charge on any atom is -0.493 e. The minimum absolute atomic E-state index is 0.110. The van der Waals surface area contributed by atoms with Crippen molar-refractivity contribution in [2.75, 3.05) is 30.6 Å². The van der Waals surface area contributed by atoms with Gasteiger partial charge in [-0.1, -0.05) is 0 Å². The standard InChI is InChI=1S/C13H16N2O4S2/c1-18-11-4-3-8(5-12(11)19-2)15-10-7-21(16,17)6-9(10)14-13(15)20/h3-5,9-10H,6-7H2,1-2H3,(H,14,20)/t9-,10+/m1/s1. The van der Waals surface area contributed by atoms with Crippen molar-refractivity contribution in [2.24, 2.45) is 0 Å². The Bertz CT molecular complexity index is 689. The molecule has 1 aromatic carbocycles. The Morgan fingerprint density at radius 3 is 2.62 bits per heavy atom. The van der Waals surface area contributed by atoms with Crippen LogP contribution in [-0.2, 0) is 9.84 Å². The summed E-state index contributed by atoms with van der Waals surface area (Å²) in [7, 11) is 0.111. The van der Waals surface area contributed by atoms with Crippen LogP contribution in [0.5, 0.6) is 11.5 Å². The molecule has 6 nitrogen and oxygen atoms in total. The number of hydrogen-bond donors (Lipinski definition) is 1. The Kier molecular flexibility index (Phi) is 3.45. The molecule has 0 spiro atoms. The second kappa shape index (κ2) is 5.03. The van der Waals surface area contributed by atoms with Gasteiger partial charge in [-0.25, -0.2) is 8.42 Å². The third-order valence-electron chi connectivity index (χ3n) is 3.83. The fraction of sp³-hybridized carbons (Fsp3) is 0.462. The number of hydrogen-bond acceptors (Lipinski definition) is 5. The number of methoxy groups -OCH3 is 2. The summed E-state index contributed by atoms with van der Waals surface area (Å²) in [6.45, 7) is 0. The fourth-order valence-corrected chi connectivity index (χ4v) is 5.17. The van der Waals surface area contributed by atoms with Gasteiger partial charge in [0.05, 0.1) is 37.8 Å². The second-order valence-electron chi connectivity index (χ2n) is 5.11. The van der Waals surface area contributed by atoms with E-state index in [0.29, 0.717) is 16.6 Å². The predicted molar refractivity (Wildman–Crippen MR) is 84.0 cm³/mol. The van der Waals surface area contributed by atoms with Crippen LogP contribution in [0.15, 0.2) is 18.2 Å². The molecular formula is C13H16N2O4S2. The maximum Gasteiger partial charge on any atom is 0.174 e. The van der Waals surface area contributed by atoms with Crippen LogP contribution >= 0.6 is 12.2 Å². The lowest BCUT2D eigenvalue weighted by Gasteiger charge is -2.24. The summed E-state index contributed by atoms with van der Waals surface area (Å²) in [5, 5.41) is 3.64. The van der Waals surface area contributed by atoms with Crippen LogP contribution in [0.4, 0.5) is 5.69 Å². The zero-order valence-electron chi connectivity index (χ0n) is 11.7. The smallest absolute Gasteiger partial charge is 0.174 e. The molecule has 2 saturated heterocycles. The van der Waals surface area contributed by atoms with Gasteiger partial charge in [-0.2, -0.15) is 0 Å². The zero-order chi connectivity index (χ0) is 15.2. The molecular weight excluding hydrogens is 312 g/mol. The first kappa shape index (κ1) is 14.4. The highest BCUT2D eigenvalue weighted by Crippen LogP contribution is 2.35. The van der Waals surface area contributed by atoms with E-state index < -0.39 is 9.84 Å². The van der Waals surface area contributed by atoms with Crippen LogP contribution in [0.2, 0.25) is 0 Å². The van der Waals surface area contributed by atoms with Crippen molar-refractivity contribution in [1.82, 2.24) is 5.32 Å². The molecule has 0 bridgehead atoms. The van der Waals surface area contributed by atoms with Crippen LogP contribution in [0.25, 0.3) is 0 Å². The Balaban J connectivity index is 1.98. The van der Waals surface area contributed by atoms with E-state index in [1.807, 2.05) is 11.0 Å². The van der Waals surface area contributed by atoms with Crippen LogP contribution in [0, 0.1) is 0 Å². The van der Waals surface area contributed by atoms with E-state index >= 15 is 0 Å². The molecule has 2 atom stereocenters. The van der Waals surface area contributed by atoms with Crippen molar-refractivity contribution in [1.29, 1.82) is 0 Å². The fourth-order valence-electron chi connectivity index (χ4n) is 2.88. The van der Waals surface area contributed by atoms with Crippen molar-refractivity contribution in [3.05, 3.63) is 18.2 Å². The average molecular weight is 328 g/mol. The molecule has 0 radical (unpaired) electrons. The molecule has 3 rings (SSSR count). The van der Waals surface area contributed by atoms with Crippen molar-refractivity contribution >= 4 is 32.9 Å². The zero-order valence-corrected chi connectivity index (χ0v) is 13.3. The van der Waals surface area contributed by atoms with E-state index in [4.69, 9.17) is 21.7 Å². The Morgan fingerprint density at radius 2 is 1.95 bits per heavy atom. The van der Waals surface area contributed by atoms with Crippen molar-refractivity contribution in [3.63, 3.8) is 0 Å². The monoisotopic (exact) mass is 328 g/mol. The summed E-state index contributed by atoms with van der Waals surface area (Å²) in [5.41, 5.74) is 0.801. The summed E-state index contributed by atoms with van der Waals surface area (Å²) in [6.07, 6.45) is 0. The normalized spacial score (nSPS) is 26.4. The van der Waals surface area contributed by atoms with Gasteiger partial charge in [0.1, 0.15) is 0 Å². The maximum absolute atomic E-state index is 11.8. The van der Waals surface area contributed by atoms with Crippen molar-refractivity contribution in [3.8, 4) is 11.5 Å². The molecule has 2 aliphatic heterocycles. The molecule has 0 unspecified atom stereocenters. The van der Waals surface area contributed by atoms with Gasteiger partial charge >= 0.3 is 0 Å². The number of thiocarbonyl (C=S) groups is 1. The summed E-state index contributed by atoms with van der Waals surface area (Å²) in [5.74, 6) is 1.44. The summed E-state index contributed by atoms with van der Waals surface area (Å²) >= 11 is 5.34. The van der Waals surface area contributed by atoms with Gasteiger partial charge in [-0.15, -0.1) is 0 Å². The average Bonchev–Trinajstić information content (AvgIpc) is 2.88. The molecule has 0 aliphatic carbocycles. The number of fused-ring (bicyclic) bond motifs is 1. The molecule has 1 N–H and O–H groups in total. The summed E-state index contributed by atoms with van der Waals surface area (Å²) in [6, 6.07) is 5.13. The van der Waals surface area contributed by atoms with Crippen molar-refractivity contribution in [2.45, 2.75) is 12.1 Å². The van der Waals surface area contributed by atoms with E-state index in [9.17, 15) is 8.42 Å². The number of benzene rings is 1. The highest BCUT2D eigenvalue weighted by molar-refractivity contribution is 7.91. The number of ether oxygens (including phenoxy) is 2. The topological polar surface area (TPSA) is 67.9 Å². The molecule has 2 fully saturated rings. The van der Waals surface area contributed by atoms with Crippen LogP contribution in [0.3, 0.4) is 0 Å². The SMILES string of the molecule is COc1ccc(N2C(=S)N[C@@H]3CS(=O)(=O)C[C@@H]32)cc1OC. The highest BCUT2D eigenvalue weighted by Gasteiger charge is 2.47. The third-order valence-corrected chi connectivity index (χ3v) is 5.86. The molecule has 21 heavy (non-hydrogen) atoms. The number of rotatable bonds is 3. The number of nitrogens with zero attached hydrogens (tertiary/aromatic N) is 1. The lowest BCUT2D eigenvalue weighted by Crippen LogP contribution is -2.36. The van der Waals surface area contributed by atoms with Gasteiger partial charge in [0.15, 0.2) is 26.4 Å². The molecule has 8 heteroatoms. The Morgan fingerprint density at radius 1 is 1.24 bits per heavy atom. The van der Waals surface area contributed by atoms with Gasteiger partial charge in [-0.05, 0) is 24.4 Å².